The van der Waals surface area contributed by atoms with Crippen molar-refractivity contribution in [1.82, 2.24) is 4.90 Å². The Morgan fingerprint density at radius 1 is 1.25 bits per heavy atom. The van der Waals surface area contributed by atoms with Crippen molar-refractivity contribution in [3.05, 3.63) is 0 Å². The van der Waals surface area contributed by atoms with E-state index in [9.17, 15) is 13.2 Å². The van der Waals surface area contributed by atoms with Gasteiger partial charge in [-0.15, -0.1) is 0 Å². The van der Waals surface area contributed by atoms with Crippen LogP contribution in [0.3, 0.4) is 0 Å². The molecule has 1 fully saturated rings. The maximum atomic E-state index is 11.6. The molecule has 0 N–H and O–H groups in total. The van der Waals surface area contributed by atoms with Crippen LogP contribution in [-0.2, 0) is 14.6 Å². The number of nitrogens with zero attached hydrogens (tertiary/aromatic N) is 1. The standard InChI is InChI=1S/C10H19NO4S/c1-10(2,3)8-15-9(12)11-4-6-16(13,14)7-5-11/h4-8H2,1-3H3. The summed E-state index contributed by atoms with van der Waals surface area (Å²) >= 11 is 0. The van der Waals surface area contributed by atoms with E-state index >= 15 is 0 Å². The number of carbonyl (C=O) groups excluding carboxylic acids is 1. The normalized spacial score (nSPS) is 20.6. The van der Waals surface area contributed by atoms with Gasteiger partial charge in [0.15, 0.2) is 9.84 Å². The van der Waals surface area contributed by atoms with Gasteiger partial charge in [-0.1, -0.05) is 20.8 Å². The summed E-state index contributed by atoms with van der Waals surface area (Å²) < 4.78 is 27.4. The highest BCUT2D eigenvalue weighted by molar-refractivity contribution is 7.91. The van der Waals surface area contributed by atoms with Crippen LogP contribution in [0.5, 0.6) is 0 Å². The Morgan fingerprint density at radius 2 is 1.75 bits per heavy atom. The number of amides is 1. The fourth-order valence-corrected chi connectivity index (χ4v) is 2.47. The monoisotopic (exact) mass is 249 g/mol. The van der Waals surface area contributed by atoms with Crippen molar-refractivity contribution in [3.8, 4) is 0 Å². The molecule has 1 aliphatic heterocycles. The molecule has 0 aromatic carbocycles. The van der Waals surface area contributed by atoms with Crippen LogP contribution in [0.2, 0.25) is 0 Å². The van der Waals surface area contributed by atoms with Crippen molar-refractivity contribution in [2.45, 2.75) is 20.8 Å². The van der Waals surface area contributed by atoms with E-state index in [-0.39, 0.29) is 30.0 Å². The third-order valence-corrected chi connectivity index (χ3v) is 3.84. The van der Waals surface area contributed by atoms with Crippen LogP contribution < -0.4 is 0 Å². The van der Waals surface area contributed by atoms with Crippen LogP contribution in [-0.4, -0.2) is 50.6 Å². The largest absolute Gasteiger partial charge is 0.449 e. The first-order valence-electron chi connectivity index (χ1n) is 5.32. The first-order valence-corrected chi connectivity index (χ1v) is 7.14. The van der Waals surface area contributed by atoms with Crippen molar-refractivity contribution in [2.24, 2.45) is 5.41 Å². The first kappa shape index (κ1) is 13.3. The zero-order valence-corrected chi connectivity index (χ0v) is 10.8. The molecule has 1 amide bonds. The van der Waals surface area contributed by atoms with Gasteiger partial charge < -0.3 is 9.64 Å². The lowest BCUT2D eigenvalue weighted by Crippen LogP contribution is -2.44. The zero-order chi connectivity index (χ0) is 12.4. The molecule has 6 heteroatoms. The minimum Gasteiger partial charge on any atom is -0.449 e. The number of hydrogen-bond acceptors (Lipinski definition) is 4. The number of rotatable bonds is 1. The molecule has 1 heterocycles. The van der Waals surface area contributed by atoms with Gasteiger partial charge in [-0.2, -0.15) is 0 Å². The molecule has 0 bridgehead atoms. The zero-order valence-electron chi connectivity index (χ0n) is 10.0. The van der Waals surface area contributed by atoms with Crippen molar-refractivity contribution < 1.29 is 17.9 Å². The molecule has 0 aromatic heterocycles. The van der Waals surface area contributed by atoms with Crippen LogP contribution in [0.25, 0.3) is 0 Å². The molecule has 16 heavy (non-hydrogen) atoms. The van der Waals surface area contributed by atoms with Crippen molar-refractivity contribution in [1.29, 1.82) is 0 Å². The molecule has 94 valence electrons. The summed E-state index contributed by atoms with van der Waals surface area (Å²) in [5.41, 5.74) is -0.0719. The van der Waals surface area contributed by atoms with Crippen LogP contribution >= 0.6 is 0 Å². The van der Waals surface area contributed by atoms with Gasteiger partial charge in [-0.25, -0.2) is 13.2 Å². The van der Waals surface area contributed by atoms with Gasteiger partial charge in [0.05, 0.1) is 18.1 Å². The Balaban J connectivity index is 2.40. The summed E-state index contributed by atoms with van der Waals surface area (Å²) in [6, 6.07) is 0. The quantitative estimate of drug-likeness (QED) is 0.692. The second-order valence-corrected chi connectivity index (χ2v) is 7.56. The van der Waals surface area contributed by atoms with E-state index in [1.807, 2.05) is 20.8 Å². The third kappa shape index (κ3) is 4.38. The average molecular weight is 249 g/mol. The van der Waals surface area contributed by atoms with Gasteiger partial charge in [0.25, 0.3) is 0 Å². The first-order chi connectivity index (χ1) is 7.20. The lowest BCUT2D eigenvalue weighted by Gasteiger charge is -2.27. The number of sulfone groups is 1. The highest BCUT2D eigenvalue weighted by atomic mass is 32.2. The molecule has 0 spiro atoms. The summed E-state index contributed by atoms with van der Waals surface area (Å²) in [6.07, 6.45) is -0.412. The minimum absolute atomic E-state index is 0.0393. The van der Waals surface area contributed by atoms with E-state index < -0.39 is 15.9 Å². The molecular formula is C10H19NO4S. The van der Waals surface area contributed by atoms with Gasteiger partial charge in [0.2, 0.25) is 0 Å². The van der Waals surface area contributed by atoms with Crippen molar-refractivity contribution in [3.63, 3.8) is 0 Å². The molecular weight excluding hydrogens is 230 g/mol. The number of hydrogen-bond donors (Lipinski definition) is 0. The van der Waals surface area contributed by atoms with Gasteiger partial charge in [0, 0.05) is 13.1 Å². The third-order valence-electron chi connectivity index (χ3n) is 2.23. The van der Waals surface area contributed by atoms with Crippen LogP contribution in [0, 0.1) is 5.41 Å². The Hall–Kier alpha value is -0.780. The summed E-state index contributed by atoms with van der Waals surface area (Å²) in [5.74, 6) is 0.0786. The van der Waals surface area contributed by atoms with E-state index in [4.69, 9.17) is 4.74 Å². The smallest absolute Gasteiger partial charge is 0.409 e. The predicted molar refractivity (Wildman–Crippen MR) is 61.0 cm³/mol. The SMILES string of the molecule is CC(C)(C)COC(=O)N1CCS(=O)(=O)CC1. The molecule has 5 nitrogen and oxygen atoms in total. The summed E-state index contributed by atoms with van der Waals surface area (Å²) in [6.45, 7) is 6.74. The lowest BCUT2D eigenvalue weighted by molar-refractivity contribution is 0.0745. The number of ether oxygens (including phenoxy) is 1. The highest BCUT2D eigenvalue weighted by Gasteiger charge is 2.26. The topological polar surface area (TPSA) is 63.7 Å². The van der Waals surface area contributed by atoms with Gasteiger partial charge in [-0.3, -0.25) is 0 Å². The van der Waals surface area contributed by atoms with E-state index in [0.717, 1.165) is 0 Å². The molecule has 1 rings (SSSR count). The Labute approximate surface area is 96.7 Å². The van der Waals surface area contributed by atoms with Gasteiger partial charge in [0.1, 0.15) is 0 Å². The van der Waals surface area contributed by atoms with Gasteiger partial charge in [-0.05, 0) is 5.41 Å². The fraction of sp³-hybridized carbons (Fsp3) is 0.900. The minimum atomic E-state index is -2.94. The van der Waals surface area contributed by atoms with Gasteiger partial charge >= 0.3 is 6.09 Å². The van der Waals surface area contributed by atoms with Crippen molar-refractivity contribution in [2.75, 3.05) is 31.2 Å². The second-order valence-electron chi connectivity index (χ2n) is 5.25. The summed E-state index contributed by atoms with van der Waals surface area (Å²) in [7, 11) is -2.94. The Bertz CT molecular complexity index is 342. The maximum absolute atomic E-state index is 11.6. The Morgan fingerprint density at radius 3 is 2.19 bits per heavy atom. The van der Waals surface area contributed by atoms with E-state index in [2.05, 4.69) is 0 Å². The Kier molecular flexibility index (Phi) is 3.83. The molecule has 0 aliphatic carbocycles. The van der Waals surface area contributed by atoms with E-state index in [0.29, 0.717) is 6.61 Å². The fourth-order valence-electron chi connectivity index (χ4n) is 1.26. The molecule has 0 atom stereocenters. The molecule has 0 aromatic rings. The second kappa shape index (κ2) is 4.61. The van der Waals surface area contributed by atoms with Crippen molar-refractivity contribution >= 4 is 15.9 Å². The molecule has 0 unspecified atom stereocenters. The van der Waals surface area contributed by atoms with Crippen LogP contribution in [0.4, 0.5) is 4.79 Å². The molecule has 0 radical (unpaired) electrons. The number of carbonyl (C=O) groups is 1. The summed E-state index contributed by atoms with van der Waals surface area (Å²) in [4.78, 5) is 13.0. The molecule has 1 aliphatic rings. The van der Waals surface area contributed by atoms with E-state index in [1.165, 1.54) is 4.90 Å². The average Bonchev–Trinajstić information content (AvgIpc) is 2.13. The van der Waals surface area contributed by atoms with Crippen LogP contribution in [0.1, 0.15) is 20.8 Å². The van der Waals surface area contributed by atoms with Crippen LogP contribution in [0.15, 0.2) is 0 Å². The molecule has 1 saturated heterocycles. The lowest BCUT2D eigenvalue weighted by atomic mass is 9.99. The summed E-state index contributed by atoms with van der Waals surface area (Å²) in [5, 5.41) is 0. The predicted octanol–water partition coefficient (Wildman–Crippen LogP) is 0.899. The highest BCUT2D eigenvalue weighted by Crippen LogP contribution is 2.14. The maximum Gasteiger partial charge on any atom is 0.409 e. The molecule has 0 saturated carbocycles. The van der Waals surface area contributed by atoms with E-state index in [1.54, 1.807) is 0 Å².